The third-order valence-corrected chi connectivity index (χ3v) is 4.33. The lowest BCUT2D eigenvalue weighted by atomic mass is 10.2. The van der Waals surface area contributed by atoms with Crippen LogP contribution in [0.3, 0.4) is 0 Å². The molecule has 6 heteroatoms. The molecule has 1 heterocycles. The van der Waals surface area contributed by atoms with E-state index in [4.69, 9.17) is 5.73 Å². The second-order valence-electron chi connectivity index (χ2n) is 5.68. The second-order valence-corrected chi connectivity index (χ2v) is 7.87. The number of nitrogens with two attached hydrogens (primary N) is 1. The number of aromatic nitrogens is 2. The molecule has 2 N–H and O–H groups in total. The molecule has 0 radical (unpaired) electrons. The average Bonchev–Trinajstić information content (AvgIpc) is 2.64. The predicted octanol–water partition coefficient (Wildman–Crippen LogP) is 2.35. The molecule has 0 spiro atoms. The minimum atomic E-state index is -3.04. The smallest absolute Gasteiger partial charge is 0.149 e. The molecular formula is C14H21N3O2S. The van der Waals surface area contributed by atoms with Gasteiger partial charge in [-0.25, -0.2) is 13.4 Å². The van der Waals surface area contributed by atoms with Gasteiger partial charge in [-0.15, -0.1) is 0 Å². The van der Waals surface area contributed by atoms with Gasteiger partial charge < -0.3 is 10.3 Å². The molecule has 0 saturated heterocycles. The van der Waals surface area contributed by atoms with Crippen LogP contribution in [0.5, 0.6) is 0 Å². The maximum Gasteiger partial charge on any atom is 0.149 e. The van der Waals surface area contributed by atoms with Gasteiger partial charge in [0, 0.05) is 23.9 Å². The van der Waals surface area contributed by atoms with E-state index in [9.17, 15) is 8.42 Å². The van der Waals surface area contributed by atoms with Crippen LogP contribution in [0.15, 0.2) is 18.2 Å². The van der Waals surface area contributed by atoms with E-state index < -0.39 is 9.84 Å². The van der Waals surface area contributed by atoms with Crippen molar-refractivity contribution in [2.75, 3.05) is 17.7 Å². The summed E-state index contributed by atoms with van der Waals surface area (Å²) in [6, 6.07) is 5.39. The molecule has 0 amide bonds. The molecule has 0 aliphatic carbocycles. The summed E-state index contributed by atoms with van der Waals surface area (Å²) in [6.45, 7) is 6.01. The first-order valence-electron chi connectivity index (χ1n) is 6.64. The Morgan fingerprint density at radius 2 is 1.95 bits per heavy atom. The fraction of sp³-hybridized carbons (Fsp3) is 0.500. The quantitative estimate of drug-likeness (QED) is 0.878. The molecular weight excluding hydrogens is 274 g/mol. The Hall–Kier alpha value is -1.56. The molecule has 0 fully saturated rings. The van der Waals surface area contributed by atoms with Gasteiger partial charge in [-0.2, -0.15) is 0 Å². The first-order chi connectivity index (χ1) is 9.19. The number of benzene rings is 1. The Kier molecular flexibility index (Phi) is 3.77. The minimum Gasteiger partial charge on any atom is -0.399 e. The van der Waals surface area contributed by atoms with Gasteiger partial charge in [-0.3, -0.25) is 0 Å². The van der Waals surface area contributed by atoms with Gasteiger partial charge in [0.15, 0.2) is 0 Å². The van der Waals surface area contributed by atoms with Gasteiger partial charge >= 0.3 is 0 Å². The number of fused-ring (bicyclic) bond motifs is 1. The SMILES string of the molecule is CC(C)c1nc2cc(N)ccc2n1C(C)CS(C)(=O)=O. The zero-order valence-electron chi connectivity index (χ0n) is 12.3. The number of nitrogens with zero attached hydrogens (tertiary/aromatic N) is 2. The number of anilines is 1. The molecule has 0 aliphatic rings. The molecule has 1 atom stereocenters. The maximum atomic E-state index is 11.6. The lowest BCUT2D eigenvalue weighted by Gasteiger charge is -2.18. The van der Waals surface area contributed by atoms with Crippen molar-refractivity contribution in [3.05, 3.63) is 24.0 Å². The monoisotopic (exact) mass is 295 g/mol. The summed E-state index contributed by atoms with van der Waals surface area (Å²) in [5.74, 6) is 1.20. The van der Waals surface area contributed by atoms with E-state index >= 15 is 0 Å². The van der Waals surface area contributed by atoms with Gasteiger partial charge in [-0.1, -0.05) is 13.8 Å². The lowest BCUT2D eigenvalue weighted by molar-refractivity contribution is 0.545. The van der Waals surface area contributed by atoms with E-state index in [1.54, 1.807) is 0 Å². The summed E-state index contributed by atoms with van der Waals surface area (Å²) in [7, 11) is -3.04. The molecule has 0 bridgehead atoms. The number of hydrogen-bond donors (Lipinski definition) is 1. The molecule has 0 aliphatic heterocycles. The molecule has 2 aromatic rings. The molecule has 2 rings (SSSR count). The van der Waals surface area contributed by atoms with Gasteiger partial charge in [0.2, 0.25) is 0 Å². The van der Waals surface area contributed by atoms with Crippen LogP contribution in [0.4, 0.5) is 5.69 Å². The van der Waals surface area contributed by atoms with Crippen molar-refractivity contribution in [3.8, 4) is 0 Å². The molecule has 1 unspecified atom stereocenters. The van der Waals surface area contributed by atoms with Crippen molar-refractivity contribution in [2.24, 2.45) is 0 Å². The fourth-order valence-electron chi connectivity index (χ4n) is 2.52. The zero-order chi connectivity index (χ0) is 15.1. The Morgan fingerprint density at radius 3 is 2.50 bits per heavy atom. The van der Waals surface area contributed by atoms with E-state index in [-0.39, 0.29) is 17.7 Å². The highest BCUT2D eigenvalue weighted by Gasteiger charge is 2.20. The summed E-state index contributed by atoms with van der Waals surface area (Å²) in [6.07, 6.45) is 1.26. The maximum absolute atomic E-state index is 11.6. The van der Waals surface area contributed by atoms with Crippen molar-refractivity contribution >= 4 is 26.6 Å². The van der Waals surface area contributed by atoms with E-state index in [0.29, 0.717) is 5.69 Å². The third-order valence-electron chi connectivity index (χ3n) is 3.24. The van der Waals surface area contributed by atoms with Gasteiger partial charge in [-0.05, 0) is 25.1 Å². The van der Waals surface area contributed by atoms with Crippen LogP contribution in [0.2, 0.25) is 0 Å². The van der Waals surface area contributed by atoms with E-state index in [1.165, 1.54) is 6.26 Å². The number of rotatable bonds is 4. The number of imidazole rings is 1. The van der Waals surface area contributed by atoms with Crippen LogP contribution in [0.25, 0.3) is 11.0 Å². The van der Waals surface area contributed by atoms with Gasteiger partial charge in [0.1, 0.15) is 15.7 Å². The Morgan fingerprint density at radius 1 is 1.30 bits per heavy atom. The summed E-state index contributed by atoms with van der Waals surface area (Å²) >= 11 is 0. The standard InChI is InChI=1S/C14H21N3O2S/c1-9(2)14-16-12-7-11(15)5-6-13(12)17(14)10(3)8-20(4,18)19/h5-7,9-10H,8,15H2,1-4H3. The normalized spacial score (nSPS) is 14.1. The number of nitrogen functional groups attached to an aromatic ring is 1. The van der Waals surface area contributed by atoms with Crippen LogP contribution >= 0.6 is 0 Å². The first-order valence-corrected chi connectivity index (χ1v) is 8.70. The average molecular weight is 295 g/mol. The Labute approximate surface area is 119 Å². The van der Waals surface area contributed by atoms with E-state index in [1.807, 2.05) is 43.5 Å². The Bertz CT molecular complexity index is 732. The number of sulfone groups is 1. The molecule has 1 aromatic heterocycles. The topological polar surface area (TPSA) is 78.0 Å². The van der Waals surface area contributed by atoms with Gasteiger partial charge in [0.05, 0.1) is 16.8 Å². The molecule has 20 heavy (non-hydrogen) atoms. The van der Waals surface area contributed by atoms with Crippen LogP contribution in [0, 0.1) is 0 Å². The summed E-state index contributed by atoms with van der Waals surface area (Å²) in [4.78, 5) is 4.61. The highest BCUT2D eigenvalue weighted by atomic mass is 32.2. The highest BCUT2D eigenvalue weighted by molar-refractivity contribution is 7.90. The summed E-state index contributed by atoms with van der Waals surface area (Å²) in [5.41, 5.74) is 8.20. The lowest BCUT2D eigenvalue weighted by Crippen LogP contribution is -2.19. The first kappa shape index (κ1) is 14.8. The third kappa shape index (κ3) is 2.95. The Balaban J connectivity index is 2.62. The highest BCUT2D eigenvalue weighted by Crippen LogP contribution is 2.27. The van der Waals surface area contributed by atoms with Crippen molar-refractivity contribution in [1.29, 1.82) is 0 Å². The summed E-state index contributed by atoms with van der Waals surface area (Å²) < 4.78 is 25.1. The summed E-state index contributed by atoms with van der Waals surface area (Å²) in [5, 5.41) is 0. The second kappa shape index (κ2) is 5.09. The van der Waals surface area contributed by atoms with Crippen molar-refractivity contribution in [2.45, 2.75) is 32.7 Å². The van der Waals surface area contributed by atoms with Gasteiger partial charge in [0.25, 0.3) is 0 Å². The van der Waals surface area contributed by atoms with Crippen LogP contribution < -0.4 is 5.73 Å². The molecule has 1 aromatic carbocycles. The predicted molar refractivity (Wildman–Crippen MR) is 82.7 cm³/mol. The van der Waals surface area contributed by atoms with Crippen LogP contribution in [-0.4, -0.2) is 30.0 Å². The van der Waals surface area contributed by atoms with Crippen LogP contribution in [-0.2, 0) is 9.84 Å². The van der Waals surface area contributed by atoms with Crippen molar-refractivity contribution < 1.29 is 8.42 Å². The van der Waals surface area contributed by atoms with E-state index in [0.717, 1.165) is 16.9 Å². The van der Waals surface area contributed by atoms with Crippen LogP contribution in [0.1, 0.15) is 38.6 Å². The minimum absolute atomic E-state index is 0.0998. The molecule has 0 saturated carbocycles. The molecule has 110 valence electrons. The zero-order valence-corrected chi connectivity index (χ0v) is 13.1. The largest absolute Gasteiger partial charge is 0.399 e. The van der Waals surface area contributed by atoms with Crippen molar-refractivity contribution in [3.63, 3.8) is 0 Å². The van der Waals surface area contributed by atoms with Crippen molar-refractivity contribution in [1.82, 2.24) is 9.55 Å². The van der Waals surface area contributed by atoms with E-state index in [2.05, 4.69) is 4.98 Å². The molecule has 5 nitrogen and oxygen atoms in total. The number of hydrogen-bond acceptors (Lipinski definition) is 4. The fourth-order valence-corrected chi connectivity index (χ4v) is 3.54.